The zero-order valence-electron chi connectivity index (χ0n) is 17.3. The molecule has 2 fully saturated rings. The highest BCUT2D eigenvalue weighted by Crippen LogP contribution is 2.44. The Labute approximate surface area is 180 Å². The van der Waals surface area contributed by atoms with E-state index in [1.165, 1.54) is 0 Å². The van der Waals surface area contributed by atoms with E-state index in [0.717, 1.165) is 29.5 Å². The van der Waals surface area contributed by atoms with E-state index in [9.17, 15) is 15.3 Å². The number of carbonyl (C=O) groups is 1. The fourth-order valence-electron chi connectivity index (χ4n) is 4.68. The molecular weight excluding hydrogens is 392 g/mol. The molecule has 1 saturated heterocycles. The lowest BCUT2D eigenvalue weighted by molar-refractivity contribution is 0.0705. The second kappa shape index (κ2) is 7.64. The second-order valence-corrected chi connectivity index (χ2v) is 8.44. The molecular formula is C23H22N6O2. The summed E-state index contributed by atoms with van der Waals surface area (Å²) in [5.74, 6) is 0.847. The van der Waals surface area contributed by atoms with Crippen LogP contribution in [0.25, 0.3) is 11.4 Å². The molecule has 0 spiro atoms. The molecule has 1 aliphatic carbocycles. The Hall–Kier alpha value is -3.49. The zero-order valence-corrected chi connectivity index (χ0v) is 17.3. The summed E-state index contributed by atoms with van der Waals surface area (Å²) in [5.41, 5.74) is 3.77. The first-order valence-corrected chi connectivity index (χ1v) is 10.5. The van der Waals surface area contributed by atoms with Crippen molar-refractivity contribution in [2.45, 2.75) is 43.8 Å². The van der Waals surface area contributed by atoms with E-state index in [1.54, 1.807) is 23.1 Å². The molecule has 0 unspecified atom stereocenters. The highest BCUT2D eigenvalue weighted by Gasteiger charge is 2.41. The van der Waals surface area contributed by atoms with E-state index in [2.05, 4.69) is 22.2 Å². The molecule has 1 amide bonds. The molecule has 3 aliphatic rings. The molecule has 1 saturated carbocycles. The Morgan fingerprint density at radius 1 is 1.29 bits per heavy atom. The van der Waals surface area contributed by atoms with Crippen LogP contribution in [0.2, 0.25) is 0 Å². The number of fused-ring (bicyclic) bond motifs is 1. The van der Waals surface area contributed by atoms with E-state index in [-0.39, 0.29) is 18.0 Å². The Morgan fingerprint density at radius 2 is 2.13 bits per heavy atom. The summed E-state index contributed by atoms with van der Waals surface area (Å²) in [7, 11) is 1.62. The summed E-state index contributed by atoms with van der Waals surface area (Å²) < 4.78 is 5.24. The molecule has 8 heteroatoms. The van der Waals surface area contributed by atoms with Gasteiger partial charge in [-0.1, -0.05) is 6.07 Å². The van der Waals surface area contributed by atoms with Gasteiger partial charge in [0.1, 0.15) is 5.69 Å². The summed E-state index contributed by atoms with van der Waals surface area (Å²) in [5, 5.41) is 18.7. The third-order valence-corrected chi connectivity index (χ3v) is 6.43. The van der Waals surface area contributed by atoms with Crippen LogP contribution in [0, 0.1) is 22.8 Å². The summed E-state index contributed by atoms with van der Waals surface area (Å²) in [6.45, 7) is 1.41. The fourth-order valence-corrected chi connectivity index (χ4v) is 4.68. The molecule has 8 nitrogen and oxygen atoms in total. The zero-order chi connectivity index (χ0) is 21.5. The number of hydrogen-bond donors (Lipinski definition) is 0. The maximum atomic E-state index is 13.2. The van der Waals surface area contributed by atoms with Crippen LogP contribution in [0.1, 0.15) is 52.4 Å². The number of hydrogen-bond acceptors (Lipinski definition) is 7. The van der Waals surface area contributed by atoms with Crippen molar-refractivity contribution in [2.75, 3.05) is 20.3 Å². The molecule has 156 valence electrons. The van der Waals surface area contributed by atoms with Gasteiger partial charge in [-0.05, 0) is 42.9 Å². The normalized spacial score (nSPS) is 22.4. The van der Waals surface area contributed by atoms with Crippen LogP contribution in [-0.2, 0) is 11.3 Å². The Balaban J connectivity index is 1.44. The lowest BCUT2D eigenvalue weighted by Gasteiger charge is -2.22. The molecule has 1 aromatic heterocycles. The average molecular weight is 414 g/mol. The minimum absolute atomic E-state index is 0.0204. The van der Waals surface area contributed by atoms with Crippen molar-refractivity contribution in [3.63, 3.8) is 0 Å². The number of benzene rings is 1. The van der Waals surface area contributed by atoms with Gasteiger partial charge in [0.2, 0.25) is 0 Å². The molecule has 2 aliphatic heterocycles. The predicted molar refractivity (Wildman–Crippen MR) is 110 cm³/mol. The molecule has 5 rings (SSSR count). The number of aromatic nitrogens is 2. The smallest absolute Gasteiger partial charge is 0.273 e. The van der Waals surface area contributed by atoms with E-state index in [1.807, 2.05) is 18.2 Å². The molecule has 3 heterocycles. The fraction of sp³-hybridized carbons (Fsp3) is 0.435. The number of carbonyl (C=O) groups excluding carboxylic acids is 1. The molecule has 0 radical (unpaired) electrons. The van der Waals surface area contributed by atoms with Crippen molar-refractivity contribution in [2.24, 2.45) is 0 Å². The Kier molecular flexibility index (Phi) is 4.80. The molecule has 31 heavy (non-hydrogen) atoms. The van der Waals surface area contributed by atoms with Crippen molar-refractivity contribution >= 4 is 5.91 Å². The predicted octanol–water partition coefficient (Wildman–Crippen LogP) is 2.42. The highest BCUT2D eigenvalue weighted by molar-refractivity contribution is 5.97. The van der Waals surface area contributed by atoms with Crippen LogP contribution in [-0.4, -0.2) is 58.0 Å². The monoisotopic (exact) mass is 414 g/mol. The number of methoxy groups -OCH3 is 1. The number of ether oxygens (including phenoxy) is 1. The number of nitrogens with zero attached hydrogens (tertiary/aromatic N) is 6. The lowest BCUT2D eigenvalue weighted by Crippen LogP contribution is -2.37. The minimum atomic E-state index is -0.121. The van der Waals surface area contributed by atoms with Gasteiger partial charge >= 0.3 is 0 Å². The minimum Gasteiger partial charge on any atom is -0.383 e. The lowest BCUT2D eigenvalue weighted by atomic mass is 10.00. The van der Waals surface area contributed by atoms with Gasteiger partial charge in [-0.15, -0.1) is 0 Å². The van der Waals surface area contributed by atoms with Crippen molar-refractivity contribution in [1.82, 2.24) is 19.8 Å². The first kappa shape index (κ1) is 19.5. The largest absolute Gasteiger partial charge is 0.383 e. The van der Waals surface area contributed by atoms with Crippen molar-refractivity contribution < 1.29 is 9.53 Å². The van der Waals surface area contributed by atoms with E-state index < -0.39 is 0 Å². The van der Waals surface area contributed by atoms with Crippen molar-refractivity contribution in [3.05, 3.63) is 46.8 Å². The summed E-state index contributed by atoms with van der Waals surface area (Å²) >= 11 is 0. The average Bonchev–Trinajstić information content (AvgIpc) is 3.49. The molecule has 1 aromatic carbocycles. The van der Waals surface area contributed by atoms with E-state index in [0.29, 0.717) is 49.1 Å². The molecule has 2 atom stereocenters. The van der Waals surface area contributed by atoms with Gasteiger partial charge in [0.05, 0.1) is 36.9 Å². The Morgan fingerprint density at radius 3 is 2.84 bits per heavy atom. The first-order valence-electron chi connectivity index (χ1n) is 10.5. The maximum Gasteiger partial charge on any atom is 0.273 e. The Bertz CT molecular complexity index is 1130. The maximum absolute atomic E-state index is 13.2. The summed E-state index contributed by atoms with van der Waals surface area (Å²) in [6.07, 6.45) is 6.88. The SMILES string of the molecule is COC[C@@H]1C[C@@H](N2Cc3cnc(-c4cc(C#N)ccc4C4CC4)nc3C2=O)CN1C#N. The van der Waals surface area contributed by atoms with Crippen molar-refractivity contribution in [1.29, 1.82) is 10.5 Å². The first-order chi connectivity index (χ1) is 15.1. The van der Waals surface area contributed by atoms with Gasteiger partial charge in [-0.2, -0.15) is 10.5 Å². The van der Waals surface area contributed by atoms with Gasteiger partial charge in [0, 0.05) is 31.0 Å². The molecule has 0 N–H and O–H groups in total. The van der Waals surface area contributed by atoms with Gasteiger partial charge in [0.15, 0.2) is 12.0 Å². The second-order valence-electron chi connectivity index (χ2n) is 8.44. The van der Waals surface area contributed by atoms with Crippen LogP contribution in [0.3, 0.4) is 0 Å². The van der Waals surface area contributed by atoms with E-state index >= 15 is 0 Å². The van der Waals surface area contributed by atoms with Gasteiger partial charge in [-0.3, -0.25) is 4.79 Å². The van der Waals surface area contributed by atoms with Crippen LogP contribution in [0.5, 0.6) is 0 Å². The molecule has 2 aromatic rings. The third-order valence-electron chi connectivity index (χ3n) is 6.43. The van der Waals surface area contributed by atoms with E-state index in [4.69, 9.17) is 4.74 Å². The standard InChI is InChI=1S/C23H22N6O2/c1-31-12-18-7-17(11-28(18)13-25)29-10-16-9-26-22(27-21(16)23(29)30)20-6-14(8-24)2-5-19(20)15-3-4-15/h2,5-6,9,15,17-18H,3-4,7,10-12H2,1H3/t17-,18+/m1/s1. The van der Waals surface area contributed by atoms with Crippen LogP contribution in [0.15, 0.2) is 24.4 Å². The van der Waals surface area contributed by atoms with Crippen LogP contribution < -0.4 is 0 Å². The number of nitriles is 2. The van der Waals surface area contributed by atoms with Gasteiger partial charge < -0.3 is 14.5 Å². The number of amides is 1. The number of rotatable bonds is 5. The van der Waals surface area contributed by atoms with Crippen LogP contribution >= 0.6 is 0 Å². The van der Waals surface area contributed by atoms with Gasteiger partial charge in [0.25, 0.3) is 5.91 Å². The topological polar surface area (TPSA) is 106 Å². The third kappa shape index (κ3) is 3.39. The quantitative estimate of drug-likeness (QED) is 0.692. The van der Waals surface area contributed by atoms with Gasteiger partial charge in [-0.25, -0.2) is 9.97 Å². The number of likely N-dealkylation sites (tertiary alicyclic amines) is 1. The summed E-state index contributed by atoms with van der Waals surface area (Å²) in [4.78, 5) is 25.9. The van der Waals surface area contributed by atoms with Crippen molar-refractivity contribution in [3.8, 4) is 23.7 Å². The van der Waals surface area contributed by atoms with Crippen LogP contribution in [0.4, 0.5) is 0 Å². The summed E-state index contributed by atoms with van der Waals surface area (Å²) in [6, 6.07) is 7.74. The highest BCUT2D eigenvalue weighted by atomic mass is 16.5. The molecule has 0 bridgehead atoms.